The van der Waals surface area contributed by atoms with Gasteiger partial charge >= 0.3 is 0 Å². The largest absolute Gasteiger partial charge is 0.320 e. The smallest absolute Gasteiger partial charge is 0.267 e. The monoisotopic (exact) mass is 397 g/mol. The Balaban J connectivity index is 1.54. The van der Waals surface area contributed by atoms with Crippen LogP contribution in [0.15, 0.2) is 48.7 Å². The van der Waals surface area contributed by atoms with Gasteiger partial charge in [-0.3, -0.25) is 4.79 Å². The standard InChI is InChI=1S/C19H16ClN5OS/c1-11-6-5-7-12(20)16(11)23-17(26)15-10-21-19(27-15)24-18-22-13-8-3-4-9-14(13)25(18)2/h3-10H,1-2H3,(H,23,26)(H,21,22,24). The molecule has 136 valence electrons. The summed E-state index contributed by atoms with van der Waals surface area (Å²) in [4.78, 5) is 21.9. The number of nitrogens with zero attached hydrogens (tertiary/aromatic N) is 3. The van der Waals surface area contributed by atoms with Gasteiger partial charge in [0.2, 0.25) is 5.95 Å². The highest BCUT2D eigenvalue weighted by Gasteiger charge is 2.15. The molecule has 0 atom stereocenters. The lowest BCUT2D eigenvalue weighted by molar-refractivity contribution is 0.103. The molecule has 2 heterocycles. The molecule has 8 heteroatoms. The zero-order chi connectivity index (χ0) is 19.0. The second-order valence-electron chi connectivity index (χ2n) is 6.02. The normalized spacial score (nSPS) is 10.9. The van der Waals surface area contributed by atoms with E-state index < -0.39 is 0 Å². The van der Waals surface area contributed by atoms with Crippen LogP contribution in [-0.4, -0.2) is 20.4 Å². The van der Waals surface area contributed by atoms with Crippen molar-refractivity contribution in [2.45, 2.75) is 6.92 Å². The number of aromatic nitrogens is 3. The molecule has 2 aromatic heterocycles. The Morgan fingerprint density at radius 1 is 1.19 bits per heavy atom. The van der Waals surface area contributed by atoms with Crippen molar-refractivity contribution in [2.75, 3.05) is 10.6 Å². The number of halogens is 1. The van der Waals surface area contributed by atoms with Crippen LogP contribution in [0.2, 0.25) is 5.02 Å². The number of benzene rings is 2. The molecule has 0 aliphatic rings. The molecule has 0 fully saturated rings. The number of hydrogen-bond donors (Lipinski definition) is 2. The lowest BCUT2D eigenvalue weighted by Crippen LogP contribution is -2.11. The van der Waals surface area contributed by atoms with Crippen LogP contribution in [0.3, 0.4) is 0 Å². The average molecular weight is 398 g/mol. The van der Waals surface area contributed by atoms with Gasteiger partial charge in [0.15, 0.2) is 5.13 Å². The van der Waals surface area contributed by atoms with Gasteiger partial charge in [0, 0.05) is 7.05 Å². The summed E-state index contributed by atoms with van der Waals surface area (Å²) in [6.45, 7) is 1.90. The fourth-order valence-electron chi connectivity index (χ4n) is 2.76. The number of anilines is 3. The molecular weight excluding hydrogens is 382 g/mol. The van der Waals surface area contributed by atoms with Crippen LogP contribution in [0.4, 0.5) is 16.8 Å². The van der Waals surface area contributed by atoms with E-state index in [1.165, 1.54) is 17.5 Å². The van der Waals surface area contributed by atoms with Crippen molar-refractivity contribution in [1.82, 2.24) is 14.5 Å². The fraction of sp³-hybridized carbons (Fsp3) is 0.105. The van der Waals surface area contributed by atoms with Crippen molar-refractivity contribution < 1.29 is 4.79 Å². The first-order chi connectivity index (χ1) is 13.0. The van der Waals surface area contributed by atoms with E-state index in [0.29, 0.717) is 26.7 Å². The molecule has 27 heavy (non-hydrogen) atoms. The molecule has 0 bridgehead atoms. The summed E-state index contributed by atoms with van der Waals surface area (Å²) < 4.78 is 1.95. The highest BCUT2D eigenvalue weighted by molar-refractivity contribution is 7.17. The maximum Gasteiger partial charge on any atom is 0.267 e. The molecule has 0 radical (unpaired) electrons. The summed E-state index contributed by atoms with van der Waals surface area (Å²) >= 11 is 7.43. The third-order valence-corrected chi connectivity index (χ3v) is 5.42. The second-order valence-corrected chi connectivity index (χ2v) is 7.46. The molecule has 1 amide bonds. The van der Waals surface area contributed by atoms with Crippen molar-refractivity contribution >= 4 is 56.6 Å². The van der Waals surface area contributed by atoms with Gasteiger partial charge < -0.3 is 15.2 Å². The van der Waals surface area contributed by atoms with Crippen molar-refractivity contribution in [1.29, 1.82) is 0 Å². The summed E-state index contributed by atoms with van der Waals surface area (Å²) in [5.41, 5.74) is 3.43. The first-order valence-corrected chi connectivity index (χ1v) is 9.43. The molecule has 0 unspecified atom stereocenters. The van der Waals surface area contributed by atoms with Crippen molar-refractivity contribution in [2.24, 2.45) is 7.05 Å². The van der Waals surface area contributed by atoms with E-state index in [4.69, 9.17) is 11.6 Å². The molecule has 6 nitrogen and oxygen atoms in total. The summed E-state index contributed by atoms with van der Waals surface area (Å²) in [5.74, 6) is 0.418. The summed E-state index contributed by atoms with van der Waals surface area (Å²) in [6, 6.07) is 13.4. The lowest BCUT2D eigenvalue weighted by Gasteiger charge is -2.08. The quantitative estimate of drug-likeness (QED) is 0.509. The number of hydrogen-bond acceptors (Lipinski definition) is 5. The predicted molar refractivity (Wildman–Crippen MR) is 110 cm³/mol. The number of aryl methyl sites for hydroxylation is 2. The van der Waals surface area contributed by atoms with Crippen LogP contribution in [0.1, 0.15) is 15.2 Å². The fourth-order valence-corrected chi connectivity index (χ4v) is 3.73. The Hall–Kier alpha value is -2.90. The summed E-state index contributed by atoms with van der Waals surface area (Å²) in [5, 5.41) is 7.13. The Labute approximate surface area is 164 Å². The van der Waals surface area contributed by atoms with Crippen LogP contribution in [0, 0.1) is 6.92 Å². The van der Waals surface area contributed by atoms with Crippen LogP contribution in [0.5, 0.6) is 0 Å². The molecular formula is C19H16ClN5OS. The SMILES string of the molecule is Cc1cccc(Cl)c1NC(=O)c1cnc(Nc2nc3ccccc3n2C)s1. The molecule has 0 spiro atoms. The Morgan fingerprint density at radius 2 is 2.00 bits per heavy atom. The van der Waals surface area contributed by atoms with Gasteiger partial charge in [0.1, 0.15) is 4.88 Å². The maximum atomic E-state index is 12.5. The van der Waals surface area contributed by atoms with Gasteiger partial charge in [-0.25, -0.2) is 9.97 Å². The van der Waals surface area contributed by atoms with Crippen molar-refractivity contribution in [3.63, 3.8) is 0 Å². The number of fused-ring (bicyclic) bond motifs is 1. The Bertz CT molecular complexity index is 1130. The topological polar surface area (TPSA) is 71.8 Å². The highest BCUT2D eigenvalue weighted by atomic mass is 35.5. The van der Waals surface area contributed by atoms with Crippen molar-refractivity contribution in [3.05, 3.63) is 64.1 Å². The summed E-state index contributed by atoms with van der Waals surface area (Å²) in [6.07, 6.45) is 1.54. The third kappa shape index (κ3) is 3.39. The number of nitrogens with one attached hydrogen (secondary N) is 2. The van der Waals surface area contributed by atoms with Crippen LogP contribution in [-0.2, 0) is 7.05 Å². The zero-order valence-electron chi connectivity index (χ0n) is 14.7. The van der Waals surface area contributed by atoms with E-state index in [1.807, 2.05) is 54.9 Å². The molecule has 0 saturated heterocycles. The molecule has 4 aromatic rings. The number of carbonyl (C=O) groups is 1. The van der Waals surface area contributed by atoms with Gasteiger partial charge in [0.05, 0.1) is 27.9 Å². The number of carbonyl (C=O) groups excluding carboxylic acids is 1. The van der Waals surface area contributed by atoms with E-state index in [-0.39, 0.29) is 5.91 Å². The third-order valence-electron chi connectivity index (χ3n) is 4.20. The number of rotatable bonds is 4. The van der Waals surface area contributed by atoms with Gasteiger partial charge in [-0.05, 0) is 30.7 Å². The lowest BCUT2D eigenvalue weighted by atomic mass is 10.2. The first-order valence-electron chi connectivity index (χ1n) is 8.23. The van der Waals surface area contributed by atoms with Gasteiger partial charge in [-0.15, -0.1) is 0 Å². The van der Waals surface area contributed by atoms with E-state index in [9.17, 15) is 4.79 Å². The minimum Gasteiger partial charge on any atom is -0.320 e. The second kappa shape index (κ2) is 7.02. The number of amides is 1. The maximum absolute atomic E-state index is 12.5. The van der Waals surface area contributed by atoms with E-state index >= 15 is 0 Å². The Morgan fingerprint density at radius 3 is 2.78 bits per heavy atom. The zero-order valence-corrected chi connectivity index (χ0v) is 16.2. The number of para-hydroxylation sites is 3. The van der Waals surface area contributed by atoms with Crippen LogP contribution in [0.25, 0.3) is 11.0 Å². The minimum absolute atomic E-state index is 0.248. The van der Waals surface area contributed by atoms with Gasteiger partial charge in [-0.1, -0.05) is 47.2 Å². The van der Waals surface area contributed by atoms with Gasteiger partial charge in [0.25, 0.3) is 5.91 Å². The molecule has 4 rings (SSSR count). The predicted octanol–water partition coefficient (Wildman–Crippen LogP) is 4.99. The van der Waals surface area contributed by atoms with Gasteiger partial charge in [-0.2, -0.15) is 0 Å². The van der Waals surface area contributed by atoms with E-state index in [2.05, 4.69) is 20.6 Å². The number of imidazole rings is 1. The van der Waals surface area contributed by atoms with Crippen molar-refractivity contribution in [3.8, 4) is 0 Å². The first kappa shape index (κ1) is 17.5. The molecule has 0 aliphatic carbocycles. The summed E-state index contributed by atoms with van der Waals surface area (Å²) in [7, 11) is 1.93. The van der Waals surface area contributed by atoms with Crippen LogP contribution >= 0.6 is 22.9 Å². The molecule has 0 aliphatic heterocycles. The Kier molecular flexibility index (Phi) is 4.55. The minimum atomic E-state index is -0.248. The average Bonchev–Trinajstić information content (AvgIpc) is 3.24. The molecule has 0 saturated carbocycles. The molecule has 2 N–H and O–H groups in total. The highest BCUT2D eigenvalue weighted by Crippen LogP contribution is 2.28. The number of thiazole rings is 1. The van der Waals surface area contributed by atoms with E-state index in [1.54, 1.807) is 6.07 Å². The van der Waals surface area contributed by atoms with Crippen LogP contribution < -0.4 is 10.6 Å². The van der Waals surface area contributed by atoms with E-state index in [0.717, 1.165) is 16.6 Å². The molecule has 2 aromatic carbocycles.